The number of carbonyl (C=O) groups is 1. The zero-order valence-corrected chi connectivity index (χ0v) is 15.7. The average molecular weight is 380 g/mol. The van der Waals surface area contributed by atoms with E-state index in [1.165, 1.54) is 11.1 Å². The van der Waals surface area contributed by atoms with Gasteiger partial charge in [-0.2, -0.15) is 0 Å². The van der Waals surface area contributed by atoms with Crippen LogP contribution in [0.3, 0.4) is 0 Å². The second-order valence-electron chi connectivity index (χ2n) is 7.58. The number of nitrogens with one attached hydrogen (secondary N) is 2. The summed E-state index contributed by atoms with van der Waals surface area (Å²) < 4.78 is 0. The van der Waals surface area contributed by atoms with Crippen LogP contribution in [-0.4, -0.2) is 23.1 Å². The molecule has 1 saturated heterocycles. The number of halogens is 1. The second kappa shape index (κ2) is 6.70. The number of nitrogens with zero attached hydrogens (tertiary/aromatic N) is 1. The van der Waals surface area contributed by atoms with Gasteiger partial charge in [-0.25, -0.2) is 5.43 Å². The quantitative estimate of drug-likeness (QED) is 0.853. The molecule has 3 aliphatic rings. The molecule has 2 heterocycles. The minimum absolute atomic E-state index is 0.0655. The Morgan fingerprint density at radius 3 is 2.59 bits per heavy atom. The van der Waals surface area contributed by atoms with E-state index >= 15 is 0 Å². The van der Waals surface area contributed by atoms with Gasteiger partial charge in [-0.3, -0.25) is 9.80 Å². The smallest absolute Gasteiger partial charge is 0.267 e. The van der Waals surface area contributed by atoms with Crippen molar-refractivity contribution in [1.82, 2.24) is 15.8 Å². The van der Waals surface area contributed by atoms with E-state index in [2.05, 4.69) is 47.1 Å². The van der Waals surface area contributed by atoms with Crippen LogP contribution < -0.4 is 10.7 Å². The lowest BCUT2D eigenvalue weighted by molar-refractivity contribution is -0.132. The minimum Gasteiger partial charge on any atom is -0.366 e. The summed E-state index contributed by atoms with van der Waals surface area (Å²) in [5.74, 6) is 0.293. The highest BCUT2D eigenvalue weighted by molar-refractivity contribution is 6.30. The number of amides is 1. The van der Waals surface area contributed by atoms with Gasteiger partial charge < -0.3 is 5.32 Å². The number of benzene rings is 2. The summed E-state index contributed by atoms with van der Waals surface area (Å²) in [6.45, 7) is 0. The van der Waals surface area contributed by atoms with Crippen molar-refractivity contribution in [3.05, 3.63) is 82.0 Å². The number of fused-ring (bicyclic) bond motifs is 1. The zero-order chi connectivity index (χ0) is 18.4. The molecule has 0 spiro atoms. The van der Waals surface area contributed by atoms with E-state index in [9.17, 15) is 4.79 Å². The van der Waals surface area contributed by atoms with Gasteiger partial charge in [0, 0.05) is 28.3 Å². The molecule has 0 aromatic heterocycles. The summed E-state index contributed by atoms with van der Waals surface area (Å²) in [6.07, 6.45) is 3.71. The fraction of sp³-hybridized carbons (Fsp3) is 0.318. The highest BCUT2D eigenvalue weighted by Crippen LogP contribution is 2.39. The monoisotopic (exact) mass is 379 g/mol. The van der Waals surface area contributed by atoms with Gasteiger partial charge in [0.2, 0.25) is 0 Å². The third kappa shape index (κ3) is 2.93. The van der Waals surface area contributed by atoms with Crippen molar-refractivity contribution < 1.29 is 4.79 Å². The Morgan fingerprint density at radius 2 is 1.81 bits per heavy atom. The van der Waals surface area contributed by atoms with Crippen LogP contribution in [0.1, 0.15) is 36.3 Å². The van der Waals surface area contributed by atoms with Gasteiger partial charge in [0.15, 0.2) is 0 Å². The van der Waals surface area contributed by atoms with E-state index in [4.69, 9.17) is 11.6 Å². The number of carbonyl (C=O) groups excluding carboxylic acids is 1. The van der Waals surface area contributed by atoms with E-state index in [0.29, 0.717) is 0 Å². The molecule has 3 unspecified atom stereocenters. The van der Waals surface area contributed by atoms with Crippen LogP contribution in [0.5, 0.6) is 0 Å². The topological polar surface area (TPSA) is 44.4 Å². The summed E-state index contributed by atoms with van der Waals surface area (Å²) in [5.41, 5.74) is 8.08. The normalized spacial score (nSPS) is 26.8. The molecule has 1 aliphatic carbocycles. The molecule has 3 atom stereocenters. The fourth-order valence-electron chi connectivity index (χ4n) is 4.66. The van der Waals surface area contributed by atoms with Crippen LogP contribution in [0, 0.1) is 0 Å². The van der Waals surface area contributed by atoms with Gasteiger partial charge in [0.1, 0.15) is 6.17 Å². The second-order valence-corrected chi connectivity index (χ2v) is 8.01. The third-order valence-corrected chi connectivity index (χ3v) is 6.18. The summed E-state index contributed by atoms with van der Waals surface area (Å²) >= 11 is 6.11. The maximum absolute atomic E-state index is 13.1. The maximum Gasteiger partial charge on any atom is 0.267 e. The molecular weight excluding hydrogens is 358 g/mol. The maximum atomic E-state index is 13.1. The van der Waals surface area contributed by atoms with Crippen molar-refractivity contribution in [3.63, 3.8) is 0 Å². The SMILES string of the molecule is O=C1C2=C(CCC2)NC2C(c3ccc(Cl)cc3)C(Cc3ccccc3)NN12. The van der Waals surface area contributed by atoms with Gasteiger partial charge >= 0.3 is 0 Å². The number of rotatable bonds is 3. The lowest BCUT2D eigenvalue weighted by Crippen LogP contribution is -2.54. The Hall–Kier alpha value is -2.30. The molecule has 5 rings (SSSR count). The van der Waals surface area contributed by atoms with Crippen molar-refractivity contribution in [2.24, 2.45) is 0 Å². The molecule has 5 heteroatoms. The van der Waals surface area contributed by atoms with Crippen LogP contribution in [0.4, 0.5) is 0 Å². The van der Waals surface area contributed by atoms with E-state index in [1.54, 1.807) is 0 Å². The lowest BCUT2D eigenvalue weighted by atomic mass is 9.86. The summed E-state index contributed by atoms with van der Waals surface area (Å²) in [6, 6.07) is 18.6. The molecule has 0 bridgehead atoms. The van der Waals surface area contributed by atoms with E-state index in [1.807, 2.05) is 23.2 Å². The first kappa shape index (κ1) is 16.8. The molecule has 2 aromatic carbocycles. The summed E-state index contributed by atoms with van der Waals surface area (Å²) in [7, 11) is 0. The van der Waals surface area contributed by atoms with Crippen molar-refractivity contribution in [3.8, 4) is 0 Å². The first-order chi connectivity index (χ1) is 13.2. The molecule has 2 N–H and O–H groups in total. The Balaban J connectivity index is 1.51. The number of hydrazine groups is 1. The minimum atomic E-state index is -0.0655. The number of hydrogen-bond donors (Lipinski definition) is 2. The van der Waals surface area contributed by atoms with Gasteiger partial charge in [-0.15, -0.1) is 0 Å². The van der Waals surface area contributed by atoms with Gasteiger partial charge in [0.25, 0.3) is 5.91 Å². The third-order valence-electron chi connectivity index (χ3n) is 5.93. The Kier molecular flexibility index (Phi) is 4.18. The lowest BCUT2D eigenvalue weighted by Gasteiger charge is -2.34. The van der Waals surface area contributed by atoms with Crippen LogP contribution in [0.2, 0.25) is 5.02 Å². The Labute approximate surface area is 164 Å². The molecule has 1 fully saturated rings. The van der Waals surface area contributed by atoms with Crippen LogP contribution in [0.15, 0.2) is 65.9 Å². The fourth-order valence-corrected chi connectivity index (χ4v) is 4.79. The highest BCUT2D eigenvalue weighted by Gasteiger charge is 2.48. The standard InChI is InChI=1S/C22H22ClN3O/c23-16-11-9-15(10-12-16)20-19(13-14-5-2-1-3-6-14)25-26-21(20)24-18-8-4-7-17(18)22(26)27/h1-3,5-6,9-12,19-21,24-25H,4,7-8,13H2. The van der Waals surface area contributed by atoms with Gasteiger partial charge in [-0.1, -0.05) is 54.1 Å². The van der Waals surface area contributed by atoms with Gasteiger partial charge in [-0.05, 0) is 48.9 Å². The number of allylic oxidation sites excluding steroid dienone is 1. The molecule has 138 valence electrons. The predicted molar refractivity (Wildman–Crippen MR) is 106 cm³/mol. The van der Waals surface area contributed by atoms with Crippen LogP contribution >= 0.6 is 11.6 Å². The Morgan fingerprint density at radius 1 is 1.04 bits per heavy atom. The largest absolute Gasteiger partial charge is 0.366 e. The molecular formula is C22H22ClN3O. The summed E-state index contributed by atoms with van der Waals surface area (Å²) in [4.78, 5) is 13.1. The molecule has 0 radical (unpaired) electrons. The zero-order valence-electron chi connectivity index (χ0n) is 15.0. The molecule has 2 aromatic rings. The van der Waals surface area contributed by atoms with E-state index in [-0.39, 0.29) is 24.0 Å². The van der Waals surface area contributed by atoms with E-state index in [0.717, 1.165) is 42.0 Å². The number of hydrogen-bond acceptors (Lipinski definition) is 3. The molecule has 1 amide bonds. The van der Waals surface area contributed by atoms with Crippen molar-refractivity contribution in [1.29, 1.82) is 0 Å². The van der Waals surface area contributed by atoms with Crippen molar-refractivity contribution in [2.75, 3.05) is 0 Å². The first-order valence-corrected chi connectivity index (χ1v) is 9.96. The molecule has 27 heavy (non-hydrogen) atoms. The molecule has 4 nitrogen and oxygen atoms in total. The average Bonchev–Trinajstić information content (AvgIpc) is 3.29. The van der Waals surface area contributed by atoms with Gasteiger partial charge in [0.05, 0.1) is 0 Å². The predicted octanol–water partition coefficient (Wildman–Crippen LogP) is 3.75. The Bertz CT molecular complexity index is 894. The van der Waals surface area contributed by atoms with Crippen LogP contribution in [0.25, 0.3) is 0 Å². The molecule has 2 aliphatic heterocycles. The molecule has 0 saturated carbocycles. The summed E-state index contributed by atoms with van der Waals surface area (Å²) in [5, 5.41) is 6.24. The van der Waals surface area contributed by atoms with Crippen molar-refractivity contribution >= 4 is 17.5 Å². The first-order valence-electron chi connectivity index (χ1n) is 9.58. The van der Waals surface area contributed by atoms with Crippen LogP contribution in [-0.2, 0) is 11.2 Å². The van der Waals surface area contributed by atoms with E-state index < -0.39 is 0 Å². The van der Waals surface area contributed by atoms with Crippen molar-refractivity contribution in [2.45, 2.75) is 43.8 Å². The highest BCUT2D eigenvalue weighted by atomic mass is 35.5.